The maximum Gasteiger partial charge on any atom is 0.241 e. The van der Waals surface area contributed by atoms with Gasteiger partial charge in [-0.15, -0.1) is 0 Å². The number of methoxy groups -OCH3 is 2. The number of ether oxygens (including phenoxy) is 2. The molecule has 21 heavy (non-hydrogen) atoms. The minimum absolute atomic E-state index is 0.305. The summed E-state index contributed by atoms with van der Waals surface area (Å²) in [6.07, 6.45) is 0. The second-order valence-corrected chi connectivity index (χ2v) is 6.36. The molecular formula is C15H15NO4S. The number of fused-ring (bicyclic) bond motifs is 1. The lowest BCUT2D eigenvalue weighted by Gasteiger charge is -2.17. The largest absolute Gasteiger partial charge is 0.493 e. The summed E-state index contributed by atoms with van der Waals surface area (Å²) in [5.74, 6) is 1.10. The van der Waals surface area contributed by atoms with E-state index in [4.69, 9.17) is 9.47 Å². The molecule has 1 unspecified atom stereocenters. The van der Waals surface area contributed by atoms with Crippen LogP contribution < -0.4 is 14.2 Å². The Hall–Kier alpha value is -2.05. The van der Waals surface area contributed by atoms with Crippen LogP contribution >= 0.6 is 0 Å². The predicted octanol–water partition coefficient (Wildman–Crippen LogP) is 2.09. The van der Waals surface area contributed by atoms with E-state index in [1.165, 1.54) is 7.11 Å². The first kappa shape index (κ1) is 13.9. The van der Waals surface area contributed by atoms with Crippen molar-refractivity contribution in [2.24, 2.45) is 0 Å². The van der Waals surface area contributed by atoms with E-state index in [9.17, 15) is 8.42 Å². The molecule has 2 aromatic carbocycles. The highest BCUT2D eigenvalue weighted by Crippen LogP contribution is 2.42. The highest BCUT2D eigenvalue weighted by atomic mass is 32.2. The average Bonchev–Trinajstić information content (AvgIpc) is 2.78. The van der Waals surface area contributed by atoms with Crippen molar-refractivity contribution in [1.82, 2.24) is 4.72 Å². The van der Waals surface area contributed by atoms with Crippen molar-refractivity contribution >= 4 is 10.0 Å². The van der Waals surface area contributed by atoms with Crippen molar-refractivity contribution in [3.05, 3.63) is 53.6 Å². The molecule has 0 saturated carbocycles. The van der Waals surface area contributed by atoms with Crippen LogP contribution in [0.1, 0.15) is 17.2 Å². The molecule has 1 heterocycles. The van der Waals surface area contributed by atoms with Gasteiger partial charge in [-0.3, -0.25) is 0 Å². The van der Waals surface area contributed by atoms with Crippen LogP contribution in [0.15, 0.2) is 47.4 Å². The standard InChI is InChI=1S/C15H15NO4S/c1-19-12-8-5-7-11(15(12)20-2)14-10-6-3-4-9-13(10)21(17,18)16-14/h3-9,14,16H,1-2H3. The van der Waals surface area contributed by atoms with Gasteiger partial charge in [-0.1, -0.05) is 30.3 Å². The van der Waals surface area contributed by atoms with E-state index >= 15 is 0 Å². The van der Waals surface area contributed by atoms with Crippen LogP contribution in [-0.2, 0) is 10.0 Å². The zero-order chi connectivity index (χ0) is 15.0. The van der Waals surface area contributed by atoms with Gasteiger partial charge >= 0.3 is 0 Å². The van der Waals surface area contributed by atoms with E-state index in [-0.39, 0.29) is 0 Å². The number of hydrogen-bond acceptors (Lipinski definition) is 4. The summed E-state index contributed by atoms with van der Waals surface area (Å²) in [7, 11) is -0.405. The molecule has 1 N–H and O–H groups in total. The number of rotatable bonds is 3. The molecular weight excluding hydrogens is 290 g/mol. The number of hydrogen-bond donors (Lipinski definition) is 1. The van der Waals surface area contributed by atoms with Crippen LogP contribution in [0.2, 0.25) is 0 Å². The molecule has 0 spiro atoms. The van der Waals surface area contributed by atoms with Crippen molar-refractivity contribution in [2.75, 3.05) is 14.2 Å². The van der Waals surface area contributed by atoms with Gasteiger partial charge in [0.15, 0.2) is 11.5 Å². The first-order valence-electron chi connectivity index (χ1n) is 6.40. The third-order valence-corrected chi connectivity index (χ3v) is 5.03. The molecule has 0 aromatic heterocycles. The Morgan fingerprint density at radius 1 is 0.952 bits per heavy atom. The number of sulfonamides is 1. The maximum absolute atomic E-state index is 12.2. The number of para-hydroxylation sites is 1. The summed E-state index contributed by atoms with van der Waals surface area (Å²) in [6.45, 7) is 0. The van der Waals surface area contributed by atoms with E-state index in [0.29, 0.717) is 22.0 Å². The molecule has 0 radical (unpaired) electrons. The molecule has 1 aliphatic heterocycles. The van der Waals surface area contributed by atoms with Crippen LogP contribution in [0.3, 0.4) is 0 Å². The van der Waals surface area contributed by atoms with Crippen molar-refractivity contribution in [2.45, 2.75) is 10.9 Å². The van der Waals surface area contributed by atoms with Gasteiger partial charge in [0.05, 0.1) is 25.2 Å². The van der Waals surface area contributed by atoms with Gasteiger partial charge in [-0.25, -0.2) is 8.42 Å². The third kappa shape index (κ3) is 2.16. The van der Waals surface area contributed by atoms with Crippen molar-refractivity contribution in [1.29, 1.82) is 0 Å². The Bertz CT molecular complexity index is 786. The van der Waals surface area contributed by atoms with E-state index in [1.54, 1.807) is 31.4 Å². The van der Waals surface area contributed by atoms with Crippen molar-refractivity contribution < 1.29 is 17.9 Å². The van der Waals surface area contributed by atoms with Crippen LogP contribution in [0.25, 0.3) is 0 Å². The summed E-state index contributed by atoms with van der Waals surface area (Å²) in [5, 5.41) is 0. The smallest absolute Gasteiger partial charge is 0.241 e. The molecule has 110 valence electrons. The summed E-state index contributed by atoms with van der Waals surface area (Å²) in [5.41, 5.74) is 1.44. The first-order valence-corrected chi connectivity index (χ1v) is 7.89. The van der Waals surface area contributed by atoms with Crippen LogP contribution in [-0.4, -0.2) is 22.6 Å². The fourth-order valence-electron chi connectivity index (χ4n) is 2.62. The SMILES string of the molecule is COc1cccc(C2NS(=O)(=O)c3ccccc32)c1OC. The van der Waals surface area contributed by atoms with E-state index < -0.39 is 16.1 Å². The summed E-state index contributed by atoms with van der Waals surface area (Å²) in [6, 6.07) is 11.9. The molecule has 0 bridgehead atoms. The molecule has 6 heteroatoms. The highest BCUT2D eigenvalue weighted by molar-refractivity contribution is 7.89. The van der Waals surface area contributed by atoms with Crippen molar-refractivity contribution in [3.8, 4) is 11.5 Å². The minimum atomic E-state index is -3.49. The van der Waals surface area contributed by atoms with Gasteiger partial charge < -0.3 is 9.47 Å². The van der Waals surface area contributed by atoms with Gasteiger partial charge in [0.2, 0.25) is 10.0 Å². The quantitative estimate of drug-likeness (QED) is 0.943. The highest BCUT2D eigenvalue weighted by Gasteiger charge is 2.36. The fraction of sp³-hybridized carbons (Fsp3) is 0.200. The van der Waals surface area contributed by atoms with Crippen LogP contribution in [0.5, 0.6) is 11.5 Å². The first-order chi connectivity index (χ1) is 10.1. The summed E-state index contributed by atoms with van der Waals surface area (Å²) >= 11 is 0. The molecule has 3 rings (SSSR count). The Kier molecular flexibility index (Phi) is 3.35. The zero-order valence-corrected chi connectivity index (χ0v) is 12.5. The molecule has 0 saturated heterocycles. The van der Waals surface area contributed by atoms with Crippen LogP contribution in [0, 0.1) is 0 Å². The summed E-state index contributed by atoms with van der Waals surface area (Å²) in [4.78, 5) is 0.305. The van der Waals surface area contributed by atoms with Gasteiger partial charge in [0.1, 0.15) is 0 Å². The Morgan fingerprint density at radius 3 is 2.38 bits per heavy atom. The predicted molar refractivity (Wildman–Crippen MR) is 78.2 cm³/mol. The number of nitrogens with one attached hydrogen (secondary N) is 1. The fourth-order valence-corrected chi connectivity index (χ4v) is 4.06. The van der Waals surface area contributed by atoms with Crippen molar-refractivity contribution in [3.63, 3.8) is 0 Å². The molecule has 5 nitrogen and oxygen atoms in total. The second-order valence-electron chi connectivity index (χ2n) is 4.67. The topological polar surface area (TPSA) is 64.6 Å². The van der Waals surface area contributed by atoms with Gasteiger partial charge in [-0.2, -0.15) is 4.72 Å². The molecule has 2 aromatic rings. The van der Waals surface area contributed by atoms with Gasteiger partial charge in [0.25, 0.3) is 0 Å². The lowest BCUT2D eigenvalue weighted by atomic mass is 9.98. The second kappa shape index (κ2) is 5.05. The van der Waals surface area contributed by atoms with Crippen LogP contribution in [0.4, 0.5) is 0 Å². The van der Waals surface area contributed by atoms with E-state index in [0.717, 1.165) is 5.56 Å². The van der Waals surface area contributed by atoms with E-state index in [1.807, 2.05) is 18.2 Å². The Morgan fingerprint density at radius 2 is 1.67 bits per heavy atom. The number of benzene rings is 2. The zero-order valence-electron chi connectivity index (χ0n) is 11.7. The Balaban J connectivity index is 2.20. The third-order valence-electron chi connectivity index (χ3n) is 3.54. The molecule has 0 fully saturated rings. The average molecular weight is 305 g/mol. The monoisotopic (exact) mass is 305 g/mol. The minimum Gasteiger partial charge on any atom is -0.493 e. The normalized spacial score (nSPS) is 19.0. The van der Waals surface area contributed by atoms with E-state index in [2.05, 4.69) is 4.72 Å². The summed E-state index contributed by atoms with van der Waals surface area (Å²) < 4.78 is 37.8. The Labute approximate surface area is 123 Å². The van der Waals surface area contributed by atoms with Gasteiger partial charge in [-0.05, 0) is 17.7 Å². The molecule has 1 aliphatic rings. The lowest BCUT2D eigenvalue weighted by Crippen LogP contribution is -2.21. The molecule has 0 amide bonds. The molecule has 0 aliphatic carbocycles. The lowest BCUT2D eigenvalue weighted by molar-refractivity contribution is 0.350. The van der Waals surface area contributed by atoms with Gasteiger partial charge in [0, 0.05) is 5.56 Å². The molecule has 1 atom stereocenters. The maximum atomic E-state index is 12.2.